The second-order valence-electron chi connectivity index (χ2n) is 8.83. The van der Waals surface area contributed by atoms with Crippen LogP contribution in [0.3, 0.4) is 0 Å². The number of fused-ring (bicyclic) bond motifs is 1. The molecule has 3 atom stereocenters. The summed E-state index contributed by atoms with van der Waals surface area (Å²) in [6, 6.07) is 4.80. The summed E-state index contributed by atoms with van der Waals surface area (Å²) in [5.41, 5.74) is 7.57. The molecular weight excluding hydrogens is 426 g/mol. The maximum absolute atomic E-state index is 9.68. The Bertz CT molecular complexity index is 1180. The van der Waals surface area contributed by atoms with Gasteiger partial charge in [0.15, 0.2) is 0 Å². The summed E-state index contributed by atoms with van der Waals surface area (Å²) in [6.07, 6.45) is 6.70. The third kappa shape index (κ3) is 3.51. The van der Waals surface area contributed by atoms with E-state index in [1.807, 2.05) is 6.92 Å². The monoisotopic (exact) mass is 452 g/mol. The number of aryl methyl sites for hydroxylation is 1. The third-order valence-electron chi connectivity index (χ3n) is 6.75. The molecule has 0 amide bonds. The summed E-state index contributed by atoms with van der Waals surface area (Å²) in [5, 5.41) is 14.4. The lowest BCUT2D eigenvalue weighted by atomic mass is 9.72. The molecule has 1 aliphatic carbocycles. The molecule has 1 fully saturated rings. The predicted molar refractivity (Wildman–Crippen MR) is 118 cm³/mol. The lowest BCUT2D eigenvalue weighted by Gasteiger charge is -2.30. The average Bonchev–Trinajstić information content (AvgIpc) is 3.51. The van der Waals surface area contributed by atoms with Crippen LogP contribution in [-0.2, 0) is 11.8 Å². The number of quaternary nitrogens is 1. The minimum absolute atomic E-state index is 0.317. The molecule has 3 aromatic rings. The van der Waals surface area contributed by atoms with Crippen molar-refractivity contribution >= 4 is 16.3 Å². The Morgan fingerprint density at radius 1 is 1.41 bits per heavy atom. The quantitative estimate of drug-likeness (QED) is 0.599. The molecule has 1 aliphatic heterocycles. The first-order chi connectivity index (χ1) is 15.5. The van der Waals surface area contributed by atoms with Gasteiger partial charge >= 0.3 is 6.01 Å². The molecule has 166 valence electrons. The molecule has 3 aromatic heterocycles. The third-order valence-corrected chi connectivity index (χ3v) is 7.83. The molecule has 0 spiro atoms. The number of rotatable bonds is 5. The fourth-order valence-corrected chi connectivity index (χ4v) is 6.07. The minimum Gasteiger partial charge on any atom is -0.457 e. The average molecular weight is 453 g/mol. The van der Waals surface area contributed by atoms with Crippen LogP contribution in [0.5, 0.6) is 6.01 Å². The molecule has 4 heterocycles. The molecule has 0 saturated carbocycles. The molecule has 0 radical (unpaired) electrons. The highest BCUT2D eigenvalue weighted by molar-refractivity contribution is 7.16. The Labute approximate surface area is 190 Å². The van der Waals surface area contributed by atoms with E-state index in [1.165, 1.54) is 29.2 Å². The van der Waals surface area contributed by atoms with Gasteiger partial charge in [-0.1, -0.05) is 5.16 Å². The van der Waals surface area contributed by atoms with Crippen LogP contribution >= 0.6 is 11.3 Å². The largest absolute Gasteiger partial charge is 0.457 e. The Hall–Kier alpha value is -3.03. The van der Waals surface area contributed by atoms with Gasteiger partial charge in [0.25, 0.3) is 0 Å². The van der Waals surface area contributed by atoms with E-state index < -0.39 is 5.41 Å². The van der Waals surface area contributed by atoms with Gasteiger partial charge in [0, 0.05) is 29.5 Å². The number of hydrogen-bond donors (Lipinski definition) is 2. The number of thiophene rings is 1. The molecule has 32 heavy (non-hydrogen) atoms. The van der Waals surface area contributed by atoms with Crippen LogP contribution in [-0.4, -0.2) is 46.3 Å². The summed E-state index contributed by atoms with van der Waals surface area (Å²) in [4.78, 5) is 16.0. The van der Waals surface area contributed by atoms with Gasteiger partial charge in [0.1, 0.15) is 29.4 Å². The summed E-state index contributed by atoms with van der Waals surface area (Å²) >= 11 is 1.49. The van der Waals surface area contributed by atoms with Gasteiger partial charge in [0.2, 0.25) is 11.7 Å². The number of nitrogens with zero attached hydrogens (tertiary/aromatic N) is 5. The fourth-order valence-electron chi connectivity index (χ4n) is 4.87. The summed E-state index contributed by atoms with van der Waals surface area (Å²) in [6.45, 7) is 3.80. The SMILES string of the molecule is C[NH+]1CCC[C@H]1COc1nccc(-c2noc([C@@]3(C)CCCc4sc(N)c(C#N)c43)n2)n1. The van der Waals surface area contributed by atoms with E-state index in [0.29, 0.717) is 46.6 Å². The molecule has 0 aromatic carbocycles. The van der Waals surface area contributed by atoms with Crippen molar-refractivity contribution in [2.24, 2.45) is 0 Å². The molecule has 10 heteroatoms. The lowest BCUT2D eigenvalue weighted by Crippen LogP contribution is -3.11. The van der Waals surface area contributed by atoms with Crippen LogP contribution < -0.4 is 15.4 Å². The predicted octanol–water partition coefficient (Wildman–Crippen LogP) is 1.74. The Morgan fingerprint density at radius 2 is 2.28 bits per heavy atom. The normalized spacial score (nSPS) is 24.8. The maximum atomic E-state index is 9.68. The van der Waals surface area contributed by atoms with Gasteiger partial charge in [0.05, 0.1) is 24.6 Å². The van der Waals surface area contributed by atoms with E-state index >= 15 is 0 Å². The van der Waals surface area contributed by atoms with Gasteiger partial charge in [-0.3, -0.25) is 0 Å². The molecule has 0 bridgehead atoms. The molecule has 3 N–H and O–H groups in total. The fraction of sp³-hybridized carbons (Fsp3) is 0.500. The number of nitrogens with two attached hydrogens (primary N) is 1. The van der Waals surface area contributed by atoms with Gasteiger partial charge in [-0.15, -0.1) is 11.3 Å². The zero-order valence-corrected chi connectivity index (χ0v) is 19.0. The van der Waals surface area contributed by atoms with Crippen molar-refractivity contribution in [3.63, 3.8) is 0 Å². The van der Waals surface area contributed by atoms with Crippen molar-refractivity contribution in [1.29, 1.82) is 5.26 Å². The summed E-state index contributed by atoms with van der Waals surface area (Å²) < 4.78 is 11.6. The van der Waals surface area contributed by atoms with Gasteiger partial charge in [-0.2, -0.15) is 15.2 Å². The highest BCUT2D eigenvalue weighted by Gasteiger charge is 2.43. The maximum Gasteiger partial charge on any atom is 0.317 e. The van der Waals surface area contributed by atoms with Crippen LogP contribution in [0.1, 0.15) is 54.5 Å². The second-order valence-corrected chi connectivity index (χ2v) is 9.97. The van der Waals surface area contributed by atoms with Gasteiger partial charge in [-0.05, 0) is 32.3 Å². The first-order valence-corrected chi connectivity index (χ1v) is 11.8. The van der Waals surface area contributed by atoms with Crippen molar-refractivity contribution in [1.82, 2.24) is 20.1 Å². The number of nitrogens with one attached hydrogen (secondary N) is 1. The second kappa shape index (κ2) is 8.15. The van der Waals surface area contributed by atoms with E-state index in [0.717, 1.165) is 36.1 Å². The van der Waals surface area contributed by atoms with E-state index in [9.17, 15) is 5.26 Å². The van der Waals surface area contributed by atoms with Crippen molar-refractivity contribution in [2.75, 3.05) is 25.9 Å². The number of hydrogen-bond acceptors (Lipinski definition) is 9. The van der Waals surface area contributed by atoms with Crippen LogP contribution in [0.2, 0.25) is 0 Å². The van der Waals surface area contributed by atoms with Crippen molar-refractivity contribution in [2.45, 2.75) is 50.5 Å². The van der Waals surface area contributed by atoms with Crippen LogP contribution in [0, 0.1) is 11.3 Å². The lowest BCUT2D eigenvalue weighted by molar-refractivity contribution is -0.892. The Kier molecular flexibility index (Phi) is 5.31. The van der Waals surface area contributed by atoms with E-state index in [4.69, 9.17) is 15.0 Å². The topological polar surface area (TPSA) is 128 Å². The summed E-state index contributed by atoms with van der Waals surface area (Å²) in [5.74, 6) is 0.853. The first-order valence-electron chi connectivity index (χ1n) is 10.9. The summed E-state index contributed by atoms with van der Waals surface area (Å²) in [7, 11) is 2.19. The highest BCUT2D eigenvalue weighted by atomic mass is 32.1. The highest BCUT2D eigenvalue weighted by Crippen LogP contribution is 2.48. The number of nitriles is 1. The molecule has 5 rings (SSSR count). The van der Waals surface area contributed by atoms with Gasteiger partial charge < -0.3 is 19.9 Å². The molecule has 1 saturated heterocycles. The molecule has 2 aliphatic rings. The Balaban J connectivity index is 1.41. The Morgan fingerprint density at radius 3 is 3.06 bits per heavy atom. The van der Waals surface area contributed by atoms with Crippen molar-refractivity contribution < 1.29 is 14.2 Å². The number of likely N-dealkylation sites (tertiary alicyclic amines) is 1. The molecular formula is C22H26N7O2S+. The van der Waals surface area contributed by atoms with E-state index in [1.54, 1.807) is 12.3 Å². The zero-order valence-electron chi connectivity index (χ0n) is 18.2. The van der Waals surface area contributed by atoms with Crippen molar-refractivity contribution in [3.8, 4) is 23.6 Å². The van der Waals surface area contributed by atoms with Crippen LogP contribution in [0.25, 0.3) is 11.5 Å². The number of ether oxygens (including phenoxy) is 1. The standard InChI is InChI=1S/C22H25N7O2S/c1-22(8-3-6-16-17(22)14(11-23)18(24)32-16)20-27-19(28-31-20)15-7-9-25-21(26-15)30-12-13-5-4-10-29(13)2/h7,9,13H,3-6,8,10,12,24H2,1-2H3/p+1/t13-,22-/m0/s1. The van der Waals surface area contributed by atoms with E-state index in [2.05, 4.69) is 33.2 Å². The number of anilines is 1. The number of aromatic nitrogens is 4. The van der Waals surface area contributed by atoms with Crippen molar-refractivity contribution in [3.05, 3.63) is 34.2 Å². The number of likely N-dealkylation sites (N-methyl/N-ethyl adjacent to an activating group) is 1. The molecule has 9 nitrogen and oxygen atoms in total. The van der Waals surface area contributed by atoms with Crippen LogP contribution in [0.4, 0.5) is 5.00 Å². The smallest absolute Gasteiger partial charge is 0.317 e. The van der Waals surface area contributed by atoms with Gasteiger partial charge in [-0.25, -0.2) is 4.98 Å². The first kappa shape index (κ1) is 20.8. The number of nitrogen functional groups attached to an aromatic ring is 1. The molecule has 1 unspecified atom stereocenters. The van der Waals surface area contributed by atoms with Crippen LogP contribution in [0.15, 0.2) is 16.8 Å². The van der Waals surface area contributed by atoms with E-state index in [-0.39, 0.29) is 0 Å². The minimum atomic E-state index is -0.555. The zero-order chi connectivity index (χ0) is 22.3.